The van der Waals surface area contributed by atoms with Gasteiger partial charge in [-0.2, -0.15) is 0 Å². The predicted molar refractivity (Wildman–Crippen MR) is 87.0 cm³/mol. The van der Waals surface area contributed by atoms with Crippen LogP contribution in [0.25, 0.3) is 0 Å². The minimum Gasteiger partial charge on any atom is -0.312 e. The molecular formula is C18H30N2. The number of aryl methyl sites for hydroxylation is 1. The zero-order valence-electron chi connectivity index (χ0n) is 13.5. The summed E-state index contributed by atoms with van der Waals surface area (Å²) in [5, 5.41) is 3.48. The Morgan fingerprint density at radius 1 is 1.15 bits per heavy atom. The molecular weight excluding hydrogens is 244 g/mol. The Morgan fingerprint density at radius 2 is 1.75 bits per heavy atom. The van der Waals surface area contributed by atoms with Crippen molar-refractivity contribution >= 4 is 0 Å². The van der Waals surface area contributed by atoms with Crippen LogP contribution in [0.2, 0.25) is 0 Å². The molecule has 20 heavy (non-hydrogen) atoms. The highest BCUT2D eigenvalue weighted by molar-refractivity contribution is 5.25. The van der Waals surface area contributed by atoms with Crippen molar-refractivity contribution in [3.63, 3.8) is 0 Å². The van der Waals surface area contributed by atoms with E-state index in [2.05, 4.69) is 62.3 Å². The molecule has 1 saturated heterocycles. The molecule has 2 heteroatoms. The van der Waals surface area contributed by atoms with Crippen molar-refractivity contribution in [2.75, 3.05) is 26.7 Å². The van der Waals surface area contributed by atoms with Gasteiger partial charge in [-0.05, 0) is 36.4 Å². The third kappa shape index (κ3) is 3.83. The second-order valence-electron chi connectivity index (χ2n) is 6.51. The first kappa shape index (κ1) is 15.5. The molecule has 1 aliphatic heterocycles. The Morgan fingerprint density at radius 3 is 2.25 bits per heavy atom. The van der Waals surface area contributed by atoms with Crippen LogP contribution in [-0.4, -0.2) is 31.6 Å². The predicted octanol–water partition coefficient (Wildman–Crippen LogP) is 3.49. The second-order valence-corrected chi connectivity index (χ2v) is 6.51. The fourth-order valence-electron chi connectivity index (χ4n) is 3.22. The molecule has 1 aliphatic rings. The van der Waals surface area contributed by atoms with Gasteiger partial charge >= 0.3 is 0 Å². The first-order valence-corrected chi connectivity index (χ1v) is 8.12. The van der Waals surface area contributed by atoms with Crippen LogP contribution < -0.4 is 5.32 Å². The maximum Gasteiger partial charge on any atom is 0.0446 e. The molecule has 1 aromatic carbocycles. The van der Waals surface area contributed by atoms with Gasteiger partial charge in [0.15, 0.2) is 0 Å². The van der Waals surface area contributed by atoms with E-state index in [0.717, 1.165) is 18.4 Å². The Hall–Kier alpha value is -0.860. The van der Waals surface area contributed by atoms with E-state index in [1.54, 1.807) is 0 Å². The highest BCUT2D eigenvalue weighted by Gasteiger charge is 2.27. The topological polar surface area (TPSA) is 15.3 Å². The van der Waals surface area contributed by atoms with Gasteiger partial charge < -0.3 is 10.2 Å². The highest BCUT2D eigenvalue weighted by Crippen LogP contribution is 2.24. The maximum atomic E-state index is 3.48. The average molecular weight is 274 g/mol. The van der Waals surface area contributed by atoms with E-state index in [4.69, 9.17) is 0 Å². The minimum absolute atomic E-state index is 0.447. The van der Waals surface area contributed by atoms with Crippen molar-refractivity contribution in [3.8, 4) is 0 Å². The van der Waals surface area contributed by atoms with Crippen molar-refractivity contribution in [2.45, 2.75) is 39.7 Å². The van der Waals surface area contributed by atoms with Gasteiger partial charge in [0.2, 0.25) is 0 Å². The lowest BCUT2D eigenvalue weighted by molar-refractivity contribution is 0.287. The number of hydrogen-bond donors (Lipinski definition) is 1. The molecule has 1 aromatic rings. The number of benzene rings is 1. The second kappa shape index (κ2) is 7.24. The summed E-state index contributed by atoms with van der Waals surface area (Å²) in [7, 11) is 2.08. The number of likely N-dealkylation sites (tertiary alicyclic amines) is 1. The van der Waals surface area contributed by atoms with Crippen LogP contribution in [0.15, 0.2) is 24.3 Å². The lowest BCUT2D eigenvalue weighted by atomic mass is 10.0. The normalized spacial score (nSPS) is 25.0. The van der Waals surface area contributed by atoms with Crippen molar-refractivity contribution in [2.24, 2.45) is 11.8 Å². The van der Waals surface area contributed by atoms with E-state index in [1.807, 2.05) is 0 Å². The molecule has 2 rings (SSSR count). The number of rotatable bonds is 6. The van der Waals surface area contributed by atoms with Crippen LogP contribution >= 0.6 is 0 Å². The largest absolute Gasteiger partial charge is 0.312 e. The molecule has 2 nitrogen and oxygen atoms in total. The SMILES string of the molecule is CCCc1ccc(C(CN2CC(C)C(C)C2)NC)cc1. The first-order valence-electron chi connectivity index (χ1n) is 8.12. The third-order valence-electron chi connectivity index (χ3n) is 4.77. The Kier molecular flexibility index (Phi) is 5.62. The molecule has 0 spiro atoms. The summed E-state index contributed by atoms with van der Waals surface area (Å²) < 4.78 is 0. The highest BCUT2D eigenvalue weighted by atomic mass is 15.2. The van der Waals surface area contributed by atoms with Gasteiger partial charge in [-0.1, -0.05) is 51.5 Å². The van der Waals surface area contributed by atoms with Crippen LogP contribution in [0.4, 0.5) is 0 Å². The molecule has 0 aliphatic carbocycles. The van der Waals surface area contributed by atoms with Gasteiger partial charge in [-0.25, -0.2) is 0 Å². The molecule has 0 saturated carbocycles. The van der Waals surface area contributed by atoms with E-state index in [1.165, 1.54) is 37.1 Å². The number of likely N-dealkylation sites (N-methyl/N-ethyl adjacent to an activating group) is 1. The molecule has 0 amide bonds. The van der Waals surface area contributed by atoms with Crippen LogP contribution in [0.3, 0.4) is 0 Å². The summed E-state index contributed by atoms with van der Waals surface area (Å²) in [5.41, 5.74) is 2.87. The summed E-state index contributed by atoms with van der Waals surface area (Å²) >= 11 is 0. The summed E-state index contributed by atoms with van der Waals surface area (Å²) in [6.45, 7) is 10.6. The Balaban J connectivity index is 1.97. The number of nitrogens with one attached hydrogen (secondary N) is 1. The number of hydrogen-bond acceptors (Lipinski definition) is 2. The standard InChI is InChI=1S/C18H30N2/c1-5-6-16-7-9-17(10-8-16)18(19-4)13-20-11-14(2)15(3)12-20/h7-10,14-15,18-19H,5-6,11-13H2,1-4H3. The molecule has 3 unspecified atom stereocenters. The van der Waals surface area contributed by atoms with E-state index >= 15 is 0 Å². The van der Waals surface area contributed by atoms with Crippen molar-refractivity contribution in [1.82, 2.24) is 10.2 Å². The quantitative estimate of drug-likeness (QED) is 0.854. The fraction of sp³-hybridized carbons (Fsp3) is 0.667. The first-order chi connectivity index (χ1) is 9.63. The molecule has 1 fully saturated rings. The van der Waals surface area contributed by atoms with E-state index in [-0.39, 0.29) is 0 Å². The maximum absolute atomic E-state index is 3.48. The van der Waals surface area contributed by atoms with Crippen molar-refractivity contribution < 1.29 is 0 Å². The van der Waals surface area contributed by atoms with Gasteiger partial charge in [-0.15, -0.1) is 0 Å². The van der Waals surface area contributed by atoms with Crippen LogP contribution in [0.1, 0.15) is 44.4 Å². The molecule has 0 aromatic heterocycles. The van der Waals surface area contributed by atoms with Crippen molar-refractivity contribution in [3.05, 3.63) is 35.4 Å². The molecule has 112 valence electrons. The van der Waals surface area contributed by atoms with Crippen LogP contribution in [0, 0.1) is 11.8 Å². The zero-order valence-corrected chi connectivity index (χ0v) is 13.5. The summed E-state index contributed by atoms with van der Waals surface area (Å²) in [6.07, 6.45) is 2.41. The number of nitrogens with zero attached hydrogens (tertiary/aromatic N) is 1. The minimum atomic E-state index is 0.447. The average Bonchev–Trinajstić information content (AvgIpc) is 2.76. The summed E-state index contributed by atoms with van der Waals surface area (Å²) in [4.78, 5) is 2.61. The van der Waals surface area contributed by atoms with Gasteiger partial charge in [0, 0.05) is 25.7 Å². The van der Waals surface area contributed by atoms with E-state index in [9.17, 15) is 0 Å². The van der Waals surface area contributed by atoms with Crippen LogP contribution in [0.5, 0.6) is 0 Å². The van der Waals surface area contributed by atoms with Gasteiger partial charge in [0.05, 0.1) is 0 Å². The smallest absolute Gasteiger partial charge is 0.0446 e. The van der Waals surface area contributed by atoms with Gasteiger partial charge in [0.1, 0.15) is 0 Å². The van der Waals surface area contributed by atoms with E-state index < -0.39 is 0 Å². The lowest BCUT2D eigenvalue weighted by Crippen LogP contribution is -2.32. The molecule has 0 radical (unpaired) electrons. The molecule has 0 bridgehead atoms. The van der Waals surface area contributed by atoms with E-state index in [0.29, 0.717) is 6.04 Å². The monoisotopic (exact) mass is 274 g/mol. The molecule has 1 N–H and O–H groups in total. The lowest BCUT2D eigenvalue weighted by Gasteiger charge is -2.24. The van der Waals surface area contributed by atoms with Gasteiger partial charge in [0.25, 0.3) is 0 Å². The van der Waals surface area contributed by atoms with Crippen molar-refractivity contribution in [1.29, 1.82) is 0 Å². The Labute approximate surface area is 124 Å². The third-order valence-corrected chi connectivity index (χ3v) is 4.77. The summed E-state index contributed by atoms with van der Waals surface area (Å²) in [6, 6.07) is 9.63. The molecule has 1 heterocycles. The zero-order chi connectivity index (χ0) is 14.5. The fourth-order valence-corrected chi connectivity index (χ4v) is 3.22. The Bertz CT molecular complexity index is 388. The molecule has 3 atom stereocenters. The van der Waals surface area contributed by atoms with Crippen LogP contribution in [-0.2, 0) is 6.42 Å². The summed E-state index contributed by atoms with van der Waals surface area (Å²) in [5.74, 6) is 1.67. The van der Waals surface area contributed by atoms with Gasteiger partial charge in [-0.3, -0.25) is 0 Å².